The Morgan fingerprint density at radius 2 is 2.22 bits per heavy atom. The summed E-state index contributed by atoms with van der Waals surface area (Å²) in [5.41, 5.74) is 1.03. The first-order valence-corrected chi connectivity index (χ1v) is 6.99. The van der Waals surface area contributed by atoms with Crippen LogP contribution in [0.1, 0.15) is 39.2 Å². The van der Waals surface area contributed by atoms with E-state index in [0.717, 1.165) is 31.0 Å². The molecule has 0 radical (unpaired) electrons. The zero-order chi connectivity index (χ0) is 13.4. The second-order valence-electron chi connectivity index (χ2n) is 4.78. The molecule has 1 aromatic heterocycles. The second-order valence-corrected chi connectivity index (χ2v) is 5.19. The van der Waals surface area contributed by atoms with Crippen molar-refractivity contribution in [1.29, 1.82) is 0 Å². The summed E-state index contributed by atoms with van der Waals surface area (Å²) in [5.74, 6) is 1.38. The van der Waals surface area contributed by atoms with E-state index in [9.17, 15) is 0 Å². The first kappa shape index (κ1) is 15.3. The van der Waals surface area contributed by atoms with E-state index in [1.165, 1.54) is 6.42 Å². The van der Waals surface area contributed by atoms with Gasteiger partial charge in [0.2, 0.25) is 5.88 Å². The molecule has 0 saturated carbocycles. The molecule has 1 rings (SSSR count). The summed E-state index contributed by atoms with van der Waals surface area (Å²) < 4.78 is 5.63. The van der Waals surface area contributed by atoms with Crippen LogP contribution < -0.4 is 10.1 Å². The van der Waals surface area contributed by atoms with Gasteiger partial charge in [0.15, 0.2) is 0 Å². The summed E-state index contributed by atoms with van der Waals surface area (Å²) in [6.07, 6.45) is 3.90. The van der Waals surface area contributed by atoms with Crippen molar-refractivity contribution in [3.8, 4) is 5.88 Å². The highest BCUT2D eigenvalue weighted by Gasteiger charge is 2.04. The number of aromatic nitrogens is 1. The smallest absolute Gasteiger partial charge is 0.213 e. The van der Waals surface area contributed by atoms with E-state index in [4.69, 9.17) is 16.3 Å². The van der Waals surface area contributed by atoms with Crippen LogP contribution in [0.15, 0.2) is 12.3 Å². The number of hydrogen-bond donors (Lipinski definition) is 1. The van der Waals surface area contributed by atoms with Crippen molar-refractivity contribution in [3.63, 3.8) is 0 Å². The van der Waals surface area contributed by atoms with Gasteiger partial charge in [-0.2, -0.15) is 0 Å². The molecule has 1 N–H and O–H groups in total. The quantitative estimate of drug-likeness (QED) is 0.732. The van der Waals surface area contributed by atoms with E-state index < -0.39 is 0 Å². The summed E-state index contributed by atoms with van der Waals surface area (Å²) in [7, 11) is 0. The fourth-order valence-electron chi connectivity index (χ4n) is 1.60. The topological polar surface area (TPSA) is 34.1 Å². The summed E-state index contributed by atoms with van der Waals surface area (Å²) >= 11 is 6.08. The van der Waals surface area contributed by atoms with Crippen LogP contribution in [0.5, 0.6) is 5.88 Å². The predicted octanol–water partition coefficient (Wildman–Crippen LogP) is 3.66. The number of hydrogen-bond acceptors (Lipinski definition) is 3. The van der Waals surface area contributed by atoms with Crippen LogP contribution in [0.2, 0.25) is 5.02 Å². The minimum absolute atomic E-state index is 0.663. The molecule has 1 heterocycles. The lowest BCUT2D eigenvalue weighted by Gasteiger charge is -2.09. The van der Waals surface area contributed by atoms with Crippen molar-refractivity contribution in [2.75, 3.05) is 13.2 Å². The van der Waals surface area contributed by atoms with Crippen molar-refractivity contribution in [3.05, 3.63) is 22.8 Å². The lowest BCUT2D eigenvalue weighted by atomic mass is 10.1. The normalized spacial score (nSPS) is 10.9. The predicted molar refractivity (Wildman–Crippen MR) is 76.2 cm³/mol. The molecule has 0 aliphatic heterocycles. The summed E-state index contributed by atoms with van der Waals surface area (Å²) in [6, 6.07) is 1.92. The van der Waals surface area contributed by atoms with Crippen molar-refractivity contribution < 1.29 is 4.74 Å². The maximum atomic E-state index is 6.08. The molecule has 1 aromatic rings. The number of nitrogens with zero attached hydrogens (tertiary/aromatic N) is 1. The van der Waals surface area contributed by atoms with Gasteiger partial charge >= 0.3 is 0 Å². The van der Waals surface area contributed by atoms with Gasteiger partial charge in [-0.3, -0.25) is 0 Å². The lowest BCUT2D eigenvalue weighted by molar-refractivity contribution is 0.287. The maximum Gasteiger partial charge on any atom is 0.213 e. The second kappa shape index (κ2) is 8.33. The zero-order valence-corrected chi connectivity index (χ0v) is 12.3. The minimum Gasteiger partial charge on any atom is -0.478 e. The number of halogens is 1. The third-order valence-electron chi connectivity index (χ3n) is 2.65. The molecule has 0 saturated heterocycles. The Bertz CT molecular complexity index is 356. The van der Waals surface area contributed by atoms with Gasteiger partial charge in [0.1, 0.15) is 0 Å². The van der Waals surface area contributed by atoms with Gasteiger partial charge < -0.3 is 10.1 Å². The minimum atomic E-state index is 0.663. The lowest BCUT2D eigenvalue weighted by Crippen LogP contribution is -2.12. The Balaban J connectivity index is 2.45. The molecule has 0 aromatic carbocycles. The highest BCUT2D eigenvalue weighted by molar-refractivity contribution is 6.31. The van der Waals surface area contributed by atoms with Gasteiger partial charge in [-0.25, -0.2) is 4.98 Å². The average molecular weight is 271 g/mol. The van der Waals surface area contributed by atoms with Crippen molar-refractivity contribution in [2.45, 2.75) is 40.2 Å². The van der Waals surface area contributed by atoms with Gasteiger partial charge in [-0.05, 0) is 30.9 Å². The third kappa shape index (κ3) is 5.69. The van der Waals surface area contributed by atoms with Crippen LogP contribution in [0.25, 0.3) is 0 Å². The molecule has 0 aliphatic rings. The van der Waals surface area contributed by atoms with Gasteiger partial charge in [0.25, 0.3) is 0 Å². The Kier molecular flexibility index (Phi) is 7.06. The number of pyridine rings is 1. The van der Waals surface area contributed by atoms with Crippen LogP contribution in [0.4, 0.5) is 0 Å². The molecule has 0 bridgehead atoms. The molecule has 3 nitrogen and oxygen atoms in total. The van der Waals surface area contributed by atoms with E-state index in [-0.39, 0.29) is 0 Å². The van der Waals surface area contributed by atoms with Crippen molar-refractivity contribution in [1.82, 2.24) is 10.3 Å². The first-order chi connectivity index (χ1) is 8.63. The molecule has 0 amide bonds. The van der Waals surface area contributed by atoms with Crippen LogP contribution in [-0.2, 0) is 6.54 Å². The Hall–Kier alpha value is -0.800. The van der Waals surface area contributed by atoms with Crippen LogP contribution in [0, 0.1) is 5.92 Å². The largest absolute Gasteiger partial charge is 0.478 e. The van der Waals surface area contributed by atoms with Gasteiger partial charge in [-0.1, -0.05) is 32.4 Å². The molecule has 0 spiro atoms. The van der Waals surface area contributed by atoms with Gasteiger partial charge in [0.05, 0.1) is 11.6 Å². The molecule has 102 valence electrons. The van der Waals surface area contributed by atoms with Crippen LogP contribution in [-0.4, -0.2) is 18.1 Å². The molecular weight excluding hydrogens is 248 g/mol. The molecule has 0 atom stereocenters. The molecule has 0 unspecified atom stereocenters. The Labute approximate surface area is 115 Å². The van der Waals surface area contributed by atoms with E-state index >= 15 is 0 Å². The molecule has 18 heavy (non-hydrogen) atoms. The summed E-state index contributed by atoms with van der Waals surface area (Å²) in [4.78, 5) is 4.18. The van der Waals surface area contributed by atoms with Crippen LogP contribution in [0.3, 0.4) is 0 Å². The molecule has 0 fully saturated rings. The maximum absolute atomic E-state index is 6.08. The SMILES string of the molecule is CCNCc1cc(OCCCC(C)C)ncc1Cl. The molecule has 0 aliphatic carbocycles. The highest BCUT2D eigenvalue weighted by Crippen LogP contribution is 2.19. The number of nitrogens with one attached hydrogen (secondary N) is 1. The first-order valence-electron chi connectivity index (χ1n) is 6.61. The van der Waals surface area contributed by atoms with E-state index in [2.05, 4.69) is 31.1 Å². The third-order valence-corrected chi connectivity index (χ3v) is 2.99. The average Bonchev–Trinajstić information content (AvgIpc) is 2.34. The molecular formula is C14H23ClN2O. The van der Waals surface area contributed by atoms with E-state index in [1.54, 1.807) is 6.20 Å². The van der Waals surface area contributed by atoms with Crippen molar-refractivity contribution >= 4 is 11.6 Å². The van der Waals surface area contributed by atoms with Crippen molar-refractivity contribution in [2.24, 2.45) is 5.92 Å². The number of rotatable bonds is 8. The monoisotopic (exact) mass is 270 g/mol. The van der Waals surface area contributed by atoms with Gasteiger partial charge in [-0.15, -0.1) is 0 Å². The number of ether oxygens (including phenoxy) is 1. The fourth-order valence-corrected chi connectivity index (χ4v) is 1.77. The van der Waals surface area contributed by atoms with Crippen LogP contribution >= 0.6 is 11.6 Å². The van der Waals surface area contributed by atoms with Gasteiger partial charge in [0, 0.05) is 18.8 Å². The summed E-state index contributed by atoms with van der Waals surface area (Å²) in [5, 5.41) is 3.93. The molecule has 4 heteroatoms. The standard InChI is InChI=1S/C14H23ClN2O/c1-4-16-9-12-8-14(17-10-13(12)15)18-7-5-6-11(2)3/h8,10-11,16H,4-7,9H2,1-3H3. The van der Waals surface area contributed by atoms with E-state index in [1.807, 2.05) is 6.07 Å². The van der Waals surface area contributed by atoms with E-state index in [0.29, 0.717) is 17.5 Å². The fraction of sp³-hybridized carbons (Fsp3) is 0.643. The Morgan fingerprint density at radius 3 is 2.89 bits per heavy atom. The zero-order valence-electron chi connectivity index (χ0n) is 11.5. The Morgan fingerprint density at radius 1 is 1.44 bits per heavy atom. The highest BCUT2D eigenvalue weighted by atomic mass is 35.5. The summed E-state index contributed by atoms with van der Waals surface area (Å²) in [6.45, 7) is 8.89.